The molecular formula is C18H23N3S2. The summed E-state index contributed by atoms with van der Waals surface area (Å²) in [5.41, 5.74) is 4.77. The van der Waals surface area contributed by atoms with Gasteiger partial charge in [0.15, 0.2) is 0 Å². The van der Waals surface area contributed by atoms with E-state index in [0.29, 0.717) is 6.04 Å². The lowest BCUT2D eigenvalue weighted by molar-refractivity contribution is 0.451. The van der Waals surface area contributed by atoms with Gasteiger partial charge in [-0.05, 0) is 50.8 Å². The van der Waals surface area contributed by atoms with Gasteiger partial charge in [-0.2, -0.15) is 0 Å². The highest BCUT2D eigenvalue weighted by molar-refractivity contribution is 7.99. The van der Waals surface area contributed by atoms with Crippen LogP contribution in [0.5, 0.6) is 0 Å². The Morgan fingerprint density at radius 1 is 1.26 bits per heavy atom. The van der Waals surface area contributed by atoms with Crippen molar-refractivity contribution in [2.45, 2.75) is 43.0 Å². The Kier molecular flexibility index (Phi) is 4.88. The van der Waals surface area contributed by atoms with Crippen LogP contribution in [0.4, 0.5) is 5.69 Å². The molecule has 4 rings (SSSR count). The molecular weight excluding hydrogens is 322 g/mol. The predicted octanol–water partition coefficient (Wildman–Crippen LogP) is 3.94. The molecule has 23 heavy (non-hydrogen) atoms. The summed E-state index contributed by atoms with van der Waals surface area (Å²) in [4.78, 5) is 9.90. The van der Waals surface area contributed by atoms with Crippen LogP contribution in [0.1, 0.15) is 29.8 Å². The second kappa shape index (κ2) is 7.24. The van der Waals surface area contributed by atoms with E-state index in [-0.39, 0.29) is 0 Å². The zero-order chi connectivity index (χ0) is 15.5. The molecule has 0 saturated carbocycles. The van der Waals surface area contributed by atoms with Crippen LogP contribution in [-0.4, -0.2) is 30.0 Å². The van der Waals surface area contributed by atoms with E-state index in [0.717, 1.165) is 18.8 Å². The standard InChI is InChI=1S/C18H23N3S2/c1-2-6-17-16(5-1)21(13-23-17)10-4-3-9-19-14-7-8-15-18(11-14)22-12-20-15/h1-2,5-6,12,14,19H,3-4,7-11,13H2. The molecule has 1 N–H and O–H groups in total. The maximum atomic E-state index is 4.45. The van der Waals surface area contributed by atoms with Crippen LogP contribution in [0.25, 0.3) is 0 Å². The van der Waals surface area contributed by atoms with Crippen LogP contribution >= 0.6 is 23.1 Å². The van der Waals surface area contributed by atoms with E-state index < -0.39 is 0 Å². The number of fused-ring (bicyclic) bond motifs is 2. The summed E-state index contributed by atoms with van der Waals surface area (Å²) in [6.45, 7) is 2.32. The van der Waals surface area contributed by atoms with E-state index in [1.54, 1.807) is 0 Å². The summed E-state index contributed by atoms with van der Waals surface area (Å²) in [5.74, 6) is 1.11. The third-order valence-electron chi connectivity index (χ3n) is 4.76. The first-order chi connectivity index (χ1) is 11.4. The first-order valence-corrected chi connectivity index (χ1v) is 10.4. The first-order valence-electron chi connectivity index (χ1n) is 8.51. The van der Waals surface area contributed by atoms with E-state index >= 15 is 0 Å². The van der Waals surface area contributed by atoms with Crippen molar-refractivity contribution < 1.29 is 0 Å². The Hall–Kier alpha value is -1.04. The summed E-state index contributed by atoms with van der Waals surface area (Å²) in [5, 5.41) is 3.75. The number of anilines is 1. The SMILES string of the molecule is c1ccc2c(c1)SCN2CCCCNC1CCc2ncsc2C1. The van der Waals surface area contributed by atoms with Crippen molar-refractivity contribution in [3.05, 3.63) is 40.3 Å². The molecule has 0 spiro atoms. The van der Waals surface area contributed by atoms with Crippen molar-refractivity contribution in [1.29, 1.82) is 0 Å². The topological polar surface area (TPSA) is 28.2 Å². The van der Waals surface area contributed by atoms with Crippen LogP contribution in [0.15, 0.2) is 34.7 Å². The molecule has 1 aromatic carbocycles. The zero-order valence-electron chi connectivity index (χ0n) is 13.3. The van der Waals surface area contributed by atoms with Crippen molar-refractivity contribution in [3.8, 4) is 0 Å². The fourth-order valence-corrected chi connectivity index (χ4v) is 5.43. The molecule has 5 heteroatoms. The van der Waals surface area contributed by atoms with E-state index in [4.69, 9.17) is 0 Å². The molecule has 0 radical (unpaired) electrons. The normalized spacial score (nSPS) is 19.7. The van der Waals surface area contributed by atoms with Gasteiger partial charge in [-0.15, -0.1) is 23.1 Å². The van der Waals surface area contributed by atoms with Gasteiger partial charge in [-0.3, -0.25) is 0 Å². The highest BCUT2D eigenvalue weighted by atomic mass is 32.2. The second-order valence-electron chi connectivity index (χ2n) is 6.33. The van der Waals surface area contributed by atoms with Gasteiger partial charge in [0, 0.05) is 22.4 Å². The Morgan fingerprint density at radius 3 is 3.22 bits per heavy atom. The molecule has 1 unspecified atom stereocenters. The average molecular weight is 346 g/mol. The molecule has 1 aliphatic carbocycles. The van der Waals surface area contributed by atoms with Crippen molar-refractivity contribution in [2.75, 3.05) is 23.9 Å². The smallest absolute Gasteiger partial charge is 0.0797 e. The number of aromatic nitrogens is 1. The number of benzene rings is 1. The van der Waals surface area contributed by atoms with Gasteiger partial charge in [0.25, 0.3) is 0 Å². The number of hydrogen-bond acceptors (Lipinski definition) is 5. The molecule has 1 aromatic heterocycles. The Labute approximate surface area is 146 Å². The van der Waals surface area contributed by atoms with Gasteiger partial charge >= 0.3 is 0 Å². The number of unbranched alkanes of at least 4 members (excludes halogenated alkanes) is 1. The van der Waals surface area contributed by atoms with Gasteiger partial charge < -0.3 is 10.2 Å². The van der Waals surface area contributed by atoms with Gasteiger partial charge in [0.2, 0.25) is 0 Å². The molecule has 2 heterocycles. The summed E-state index contributed by atoms with van der Waals surface area (Å²) in [6, 6.07) is 9.43. The van der Waals surface area contributed by atoms with E-state index in [1.807, 2.05) is 28.6 Å². The van der Waals surface area contributed by atoms with E-state index in [2.05, 4.69) is 39.5 Å². The number of thiazole rings is 1. The molecule has 0 saturated heterocycles. The summed E-state index contributed by atoms with van der Waals surface area (Å²) in [6.07, 6.45) is 6.09. The molecule has 0 amide bonds. The number of nitrogens with one attached hydrogen (secondary N) is 1. The van der Waals surface area contributed by atoms with Crippen LogP contribution in [-0.2, 0) is 12.8 Å². The van der Waals surface area contributed by atoms with Crippen LogP contribution in [0, 0.1) is 0 Å². The van der Waals surface area contributed by atoms with Gasteiger partial charge in [0.1, 0.15) is 0 Å². The molecule has 1 aliphatic heterocycles. The fourth-order valence-electron chi connectivity index (χ4n) is 3.45. The third kappa shape index (κ3) is 3.57. The maximum absolute atomic E-state index is 4.45. The number of para-hydroxylation sites is 1. The number of thioether (sulfide) groups is 1. The molecule has 0 fully saturated rings. The van der Waals surface area contributed by atoms with Gasteiger partial charge in [-0.25, -0.2) is 4.98 Å². The fraction of sp³-hybridized carbons (Fsp3) is 0.500. The third-order valence-corrected chi connectivity index (χ3v) is 6.75. The molecule has 2 aromatic rings. The Morgan fingerprint density at radius 2 is 2.22 bits per heavy atom. The second-order valence-corrected chi connectivity index (χ2v) is 8.25. The van der Waals surface area contributed by atoms with Crippen LogP contribution in [0.2, 0.25) is 0 Å². The van der Waals surface area contributed by atoms with E-state index in [9.17, 15) is 0 Å². The highest BCUT2D eigenvalue weighted by Crippen LogP contribution is 2.37. The highest BCUT2D eigenvalue weighted by Gasteiger charge is 2.20. The van der Waals surface area contributed by atoms with Crippen molar-refractivity contribution in [1.82, 2.24) is 10.3 Å². The number of aryl methyl sites for hydroxylation is 1. The average Bonchev–Trinajstić information content (AvgIpc) is 3.21. The van der Waals surface area contributed by atoms with Crippen LogP contribution in [0.3, 0.4) is 0 Å². The Bertz CT molecular complexity index is 655. The van der Waals surface area contributed by atoms with Crippen molar-refractivity contribution in [3.63, 3.8) is 0 Å². The lowest BCUT2D eigenvalue weighted by atomic mass is 9.97. The minimum atomic E-state index is 0.658. The number of nitrogens with zero attached hydrogens (tertiary/aromatic N) is 2. The monoisotopic (exact) mass is 345 g/mol. The first kappa shape index (κ1) is 15.5. The zero-order valence-corrected chi connectivity index (χ0v) is 15.0. The molecule has 122 valence electrons. The quantitative estimate of drug-likeness (QED) is 0.803. The molecule has 1 atom stereocenters. The van der Waals surface area contributed by atoms with E-state index in [1.165, 1.54) is 53.4 Å². The predicted molar refractivity (Wildman–Crippen MR) is 99.7 cm³/mol. The summed E-state index contributed by atoms with van der Waals surface area (Å²) < 4.78 is 0. The molecule has 0 bridgehead atoms. The molecule has 3 nitrogen and oxygen atoms in total. The lowest BCUT2D eigenvalue weighted by Crippen LogP contribution is -2.35. The minimum Gasteiger partial charge on any atom is -0.361 e. The van der Waals surface area contributed by atoms with Crippen molar-refractivity contribution >= 4 is 28.8 Å². The summed E-state index contributed by atoms with van der Waals surface area (Å²) in [7, 11) is 0. The van der Waals surface area contributed by atoms with Gasteiger partial charge in [0.05, 0.1) is 22.8 Å². The lowest BCUT2D eigenvalue weighted by Gasteiger charge is -2.23. The maximum Gasteiger partial charge on any atom is 0.0797 e. The minimum absolute atomic E-state index is 0.658. The van der Waals surface area contributed by atoms with Crippen LogP contribution < -0.4 is 10.2 Å². The summed E-state index contributed by atoms with van der Waals surface area (Å²) >= 11 is 3.79. The molecule has 2 aliphatic rings. The Balaban J connectivity index is 1.16. The largest absolute Gasteiger partial charge is 0.361 e. The van der Waals surface area contributed by atoms with Crippen molar-refractivity contribution in [2.24, 2.45) is 0 Å². The number of hydrogen-bond donors (Lipinski definition) is 1. The van der Waals surface area contributed by atoms with Gasteiger partial charge in [-0.1, -0.05) is 12.1 Å². The number of rotatable bonds is 6.